The minimum Gasteiger partial charge on any atom is -0.454 e. The summed E-state index contributed by atoms with van der Waals surface area (Å²) in [5, 5.41) is 0. The lowest BCUT2D eigenvalue weighted by atomic mass is 10.0. The van der Waals surface area contributed by atoms with Gasteiger partial charge in [-0.3, -0.25) is 0 Å². The molecule has 0 spiro atoms. The van der Waals surface area contributed by atoms with Gasteiger partial charge in [0.05, 0.1) is 0 Å². The highest BCUT2D eigenvalue weighted by Gasteiger charge is 2.12. The van der Waals surface area contributed by atoms with Crippen molar-refractivity contribution in [3.63, 3.8) is 0 Å². The van der Waals surface area contributed by atoms with Crippen molar-refractivity contribution in [1.82, 2.24) is 0 Å². The van der Waals surface area contributed by atoms with Crippen LogP contribution < -0.4 is 9.47 Å². The molecule has 1 aliphatic heterocycles. The van der Waals surface area contributed by atoms with Crippen molar-refractivity contribution in [2.75, 3.05) is 6.79 Å². The van der Waals surface area contributed by atoms with Crippen LogP contribution in [-0.4, -0.2) is 6.79 Å². The fraction of sp³-hybridized carbons (Fsp3) is 0.200. The van der Waals surface area contributed by atoms with Gasteiger partial charge >= 0.3 is 0 Å². The molecule has 3 rings (SSSR count). The molecule has 1 aliphatic rings. The number of hydrogen-bond donors (Lipinski definition) is 0. The molecule has 2 aromatic rings. The van der Waals surface area contributed by atoms with Gasteiger partial charge in [-0.2, -0.15) is 0 Å². The van der Waals surface area contributed by atoms with Crippen LogP contribution in [0.5, 0.6) is 11.5 Å². The average Bonchev–Trinajstić information content (AvgIpc) is 2.84. The maximum Gasteiger partial charge on any atom is 0.231 e. The molecule has 0 radical (unpaired) electrons. The summed E-state index contributed by atoms with van der Waals surface area (Å²) in [4.78, 5) is 0. The number of hydrogen-bond acceptors (Lipinski definition) is 2. The number of aryl methyl sites for hydroxylation is 2. The summed E-state index contributed by atoms with van der Waals surface area (Å²) in [6, 6.07) is 14.6. The van der Waals surface area contributed by atoms with Gasteiger partial charge in [-0.25, -0.2) is 0 Å². The Labute approximate surface area is 115 Å². The van der Waals surface area contributed by atoms with E-state index < -0.39 is 0 Å². The fourth-order valence-electron chi connectivity index (χ4n) is 2.08. The summed E-state index contributed by atoms with van der Waals surface area (Å²) in [5.74, 6) is 1.71. The Kier molecular flexibility index (Phi) is 3.24. The summed E-state index contributed by atoms with van der Waals surface area (Å²) >= 11 is 3.49. The first-order valence-corrected chi connectivity index (χ1v) is 6.73. The Morgan fingerprint density at radius 2 is 1.67 bits per heavy atom. The van der Waals surface area contributed by atoms with Gasteiger partial charge in [-0.15, -0.1) is 0 Å². The average molecular weight is 305 g/mol. The predicted octanol–water partition coefficient (Wildman–Crippen LogP) is 3.96. The second-order valence-corrected chi connectivity index (χ2v) is 5.23. The van der Waals surface area contributed by atoms with E-state index in [4.69, 9.17) is 9.47 Å². The normalized spacial score (nSPS) is 12.7. The SMILES string of the molecule is Brc1cccc(CCc2ccc3c(c2)OCO3)c1. The fourth-order valence-corrected chi connectivity index (χ4v) is 2.52. The molecular weight excluding hydrogens is 292 g/mol. The highest BCUT2D eigenvalue weighted by molar-refractivity contribution is 9.10. The van der Waals surface area contributed by atoms with Crippen LogP contribution in [0.2, 0.25) is 0 Å². The molecule has 0 unspecified atom stereocenters. The van der Waals surface area contributed by atoms with E-state index in [1.807, 2.05) is 12.1 Å². The van der Waals surface area contributed by atoms with Crippen molar-refractivity contribution >= 4 is 15.9 Å². The number of ether oxygens (including phenoxy) is 2. The number of halogens is 1. The van der Waals surface area contributed by atoms with Crippen LogP contribution in [0.25, 0.3) is 0 Å². The first-order chi connectivity index (χ1) is 8.81. The molecule has 0 amide bonds. The van der Waals surface area contributed by atoms with Crippen LogP contribution in [-0.2, 0) is 12.8 Å². The monoisotopic (exact) mass is 304 g/mol. The molecule has 0 N–H and O–H groups in total. The molecular formula is C15H13BrO2. The highest BCUT2D eigenvalue weighted by Crippen LogP contribution is 2.32. The first-order valence-electron chi connectivity index (χ1n) is 5.94. The van der Waals surface area contributed by atoms with Crippen molar-refractivity contribution < 1.29 is 9.47 Å². The van der Waals surface area contributed by atoms with Crippen LogP contribution in [0, 0.1) is 0 Å². The zero-order valence-corrected chi connectivity index (χ0v) is 11.4. The van der Waals surface area contributed by atoms with Crippen LogP contribution in [0.15, 0.2) is 46.9 Å². The summed E-state index contributed by atoms with van der Waals surface area (Å²) in [5.41, 5.74) is 2.61. The standard InChI is InChI=1S/C15H13BrO2/c16-13-3-1-2-11(8-13)4-5-12-6-7-14-15(9-12)18-10-17-14/h1-3,6-9H,4-5,10H2. The summed E-state index contributed by atoms with van der Waals surface area (Å²) < 4.78 is 11.8. The minimum atomic E-state index is 0.338. The Hall–Kier alpha value is -1.48. The molecule has 0 saturated heterocycles. The Morgan fingerprint density at radius 3 is 2.50 bits per heavy atom. The molecule has 0 aromatic heterocycles. The molecule has 0 saturated carbocycles. The Morgan fingerprint density at radius 1 is 0.889 bits per heavy atom. The van der Waals surface area contributed by atoms with Gasteiger partial charge in [0.1, 0.15) is 0 Å². The molecule has 92 valence electrons. The molecule has 2 aromatic carbocycles. The maximum atomic E-state index is 5.38. The first kappa shape index (κ1) is 11.6. The second kappa shape index (κ2) is 5.02. The van der Waals surface area contributed by atoms with Gasteiger partial charge in [0, 0.05) is 4.47 Å². The molecule has 0 aliphatic carbocycles. The van der Waals surface area contributed by atoms with E-state index in [2.05, 4.69) is 46.3 Å². The largest absolute Gasteiger partial charge is 0.454 e. The molecule has 3 heteroatoms. The molecule has 0 fully saturated rings. The number of fused-ring (bicyclic) bond motifs is 1. The van der Waals surface area contributed by atoms with Crippen molar-refractivity contribution in [3.8, 4) is 11.5 Å². The van der Waals surface area contributed by atoms with Gasteiger partial charge in [0.25, 0.3) is 0 Å². The van der Waals surface area contributed by atoms with Crippen LogP contribution in [0.3, 0.4) is 0 Å². The lowest BCUT2D eigenvalue weighted by Crippen LogP contribution is -1.93. The van der Waals surface area contributed by atoms with Gasteiger partial charge in [-0.05, 0) is 48.2 Å². The summed E-state index contributed by atoms with van der Waals surface area (Å²) in [6.07, 6.45) is 2.03. The van der Waals surface area contributed by atoms with Gasteiger partial charge < -0.3 is 9.47 Å². The minimum absolute atomic E-state index is 0.338. The van der Waals surface area contributed by atoms with Crippen LogP contribution in [0.4, 0.5) is 0 Å². The third-order valence-corrected chi connectivity index (χ3v) is 3.52. The van der Waals surface area contributed by atoms with E-state index in [0.29, 0.717) is 6.79 Å². The zero-order chi connectivity index (χ0) is 12.4. The van der Waals surface area contributed by atoms with Gasteiger partial charge in [0.2, 0.25) is 6.79 Å². The Bertz CT molecular complexity index is 566. The maximum absolute atomic E-state index is 5.38. The quantitative estimate of drug-likeness (QED) is 0.854. The van der Waals surface area contributed by atoms with E-state index >= 15 is 0 Å². The van der Waals surface area contributed by atoms with Gasteiger partial charge in [0.15, 0.2) is 11.5 Å². The molecule has 0 bridgehead atoms. The second-order valence-electron chi connectivity index (χ2n) is 4.32. The zero-order valence-electron chi connectivity index (χ0n) is 9.86. The van der Waals surface area contributed by atoms with Crippen molar-refractivity contribution in [3.05, 3.63) is 58.1 Å². The summed E-state index contributed by atoms with van der Waals surface area (Å²) in [6.45, 7) is 0.338. The molecule has 2 nitrogen and oxygen atoms in total. The van der Waals surface area contributed by atoms with Crippen LogP contribution in [0.1, 0.15) is 11.1 Å². The third kappa shape index (κ3) is 2.51. The lowest BCUT2D eigenvalue weighted by molar-refractivity contribution is 0.174. The lowest BCUT2D eigenvalue weighted by Gasteiger charge is -2.04. The topological polar surface area (TPSA) is 18.5 Å². The number of benzene rings is 2. The third-order valence-electron chi connectivity index (χ3n) is 3.03. The highest BCUT2D eigenvalue weighted by atomic mass is 79.9. The van der Waals surface area contributed by atoms with E-state index in [-0.39, 0.29) is 0 Å². The summed E-state index contributed by atoms with van der Waals surface area (Å²) in [7, 11) is 0. The molecule has 0 atom stereocenters. The molecule has 1 heterocycles. The predicted molar refractivity (Wildman–Crippen MR) is 74.1 cm³/mol. The van der Waals surface area contributed by atoms with Crippen molar-refractivity contribution in [2.24, 2.45) is 0 Å². The van der Waals surface area contributed by atoms with E-state index in [1.54, 1.807) is 0 Å². The van der Waals surface area contributed by atoms with Crippen molar-refractivity contribution in [1.29, 1.82) is 0 Å². The smallest absolute Gasteiger partial charge is 0.231 e. The van der Waals surface area contributed by atoms with Gasteiger partial charge in [-0.1, -0.05) is 34.1 Å². The number of rotatable bonds is 3. The Balaban J connectivity index is 1.70. The van der Waals surface area contributed by atoms with Crippen LogP contribution >= 0.6 is 15.9 Å². The van der Waals surface area contributed by atoms with E-state index in [1.165, 1.54) is 11.1 Å². The van der Waals surface area contributed by atoms with E-state index in [0.717, 1.165) is 28.8 Å². The molecule has 18 heavy (non-hydrogen) atoms. The van der Waals surface area contributed by atoms with Crippen molar-refractivity contribution in [2.45, 2.75) is 12.8 Å². The van der Waals surface area contributed by atoms with E-state index in [9.17, 15) is 0 Å².